The molecule has 1 fully saturated rings. The van der Waals surface area contributed by atoms with E-state index in [0.717, 1.165) is 58.5 Å². The Balaban J connectivity index is 2.08. The summed E-state index contributed by atoms with van der Waals surface area (Å²) in [6.45, 7) is 13.9. The Hall–Kier alpha value is -1.10. The number of hydrogen-bond donors (Lipinski definition) is 1. The van der Waals surface area contributed by atoms with Crippen LogP contribution in [0, 0.1) is 11.8 Å². The van der Waals surface area contributed by atoms with Crippen LogP contribution >= 0.6 is 0 Å². The van der Waals surface area contributed by atoms with Gasteiger partial charge >= 0.3 is 0 Å². The highest BCUT2D eigenvalue weighted by atomic mass is 16.2. The van der Waals surface area contributed by atoms with Crippen LogP contribution in [0.15, 0.2) is 0 Å². The summed E-state index contributed by atoms with van der Waals surface area (Å²) >= 11 is 0. The number of nitrogens with one attached hydrogen (secondary N) is 1. The van der Waals surface area contributed by atoms with Crippen molar-refractivity contribution in [3.05, 3.63) is 0 Å². The Labute approximate surface area is 148 Å². The fraction of sp³-hybridized carbons (Fsp3) is 0.895. The van der Waals surface area contributed by atoms with E-state index in [-0.39, 0.29) is 5.91 Å². The fourth-order valence-corrected chi connectivity index (χ4v) is 3.01. The molecule has 0 bridgehead atoms. The van der Waals surface area contributed by atoms with Crippen molar-refractivity contribution < 1.29 is 9.59 Å². The van der Waals surface area contributed by atoms with E-state index in [1.807, 2.05) is 4.90 Å². The molecule has 0 unspecified atom stereocenters. The minimum absolute atomic E-state index is 0.154. The maximum Gasteiger partial charge on any atom is 0.222 e. The summed E-state index contributed by atoms with van der Waals surface area (Å²) in [5.74, 6) is 1.56. The second-order valence-electron chi connectivity index (χ2n) is 7.81. The number of carbonyl (C=O) groups is 2. The summed E-state index contributed by atoms with van der Waals surface area (Å²) in [6, 6.07) is 0. The minimum Gasteiger partial charge on any atom is -0.356 e. The van der Waals surface area contributed by atoms with Crippen molar-refractivity contribution >= 4 is 11.8 Å². The van der Waals surface area contributed by atoms with Gasteiger partial charge in [-0.25, -0.2) is 0 Å². The summed E-state index contributed by atoms with van der Waals surface area (Å²) in [5, 5.41) is 2.98. The molecule has 140 valence electrons. The summed E-state index contributed by atoms with van der Waals surface area (Å²) in [4.78, 5) is 28.2. The van der Waals surface area contributed by atoms with Gasteiger partial charge in [-0.15, -0.1) is 0 Å². The number of piperazine rings is 1. The van der Waals surface area contributed by atoms with Crippen LogP contribution in [0.3, 0.4) is 0 Å². The molecule has 5 nitrogen and oxygen atoms in total. The maximum absolute atomic E-state index is 12.2. The van der Waals surface area contributed by atoms with Crippen LogP contribution in [0.4, 0.5) is 0 Å². The smallest absolute Gasteiger partial charge is 0.222 e. The molecule has 0 radical (unpaired) electrons. The summed E-state index contributed by atoms with van der Waals surface area (Å²) < 4.78 is 0. The van der Waals surface area contributed by atoms with Crippen molar-refractivity contribution in [1.82, 2.24) is 15.1 Å². The molecule has 0 saturated carbocycles. The van der Waals surface area contributed by atoms with Gasteiger partial charge in [-0.1, -0.05) is 34.1 Å². The Morgan fingerprint density at radius 2 is 1.62 bits per heavy atom. The molecule has 1 aliphatic rings. The number of rotatable bonds is 10. The molecule has 1 rings (SSSR count). The largest absolute Gasteiger partial charge is 0.356 e. The lowest BCUT2D eigenvalue weighted by Gasteiger charge is -2.34. The van der Waals surface area contributed by atoms with Gasteiger partial charge in [0.2, 0.25) is 11.8 Å². The van der Waals surface area contributed by atoms with Gasteiger partial charge in [0.25, 0.3) is 0 Å². The molecule has 1 N–H and O–H groups in total. The van der Waals surface area contributed by atoms with Gasteiger partial charge in [0.05, 0.1) is 0 Å². The van der Waals surface area contributed by atoms with Gasteiger partial charge in [-0.3, -0.25) is 14.5 Å². The first kappa shape index (κ1) is 20.9. The molecule has 0 aromatic carbocycles. The minimum atomic E-state index is 0.154. The maximum atomic E-state index is 12.2. The average Bonchev–Trinajstić information content (AvgIpc) is 2.51. The molecule has 1 saturated heterocycles. The Morgan fingerprint density at radius 3 is 2.21 bits per heavy atom. The molecule has 0 aromatic rings. The van der Waals surface area contributed by atoms with Crippen molar-refractivity contribution in [2.75, 3.05) is 39.3 Å². The van der Waals surface area contributed by atoms with Crippen LogP contribution in [0.25, 0.3) is 0 Å². The SMILES string of the molecule is CC(C)CCCC(=O)N1CCN(CCCNC(=O)CC(C)C)CC1. The number of amides is 2. The van der Waals surface area contributed by atoms with E-state index < -0.39 is 0 Å². The number of hydrogen-bond acceptors (Lipinski definition) is 3. The third-order valence-corrected chi connectivity index (χ3v) is 4.46. The summed E-state index contributed by atoms with van der Waals surface area (Å²) in [7, 11) is 0. The van der Waals surface area contributed by atoms with Crippen molar-refractivity contribution in [3.8, 4) is 0 Å². The first-order chi connectivity index (χ1) is 11.4. The molecule has 1 aliphatic heterocycles. The Kier molecular flexibility index (Phi) is 9.99. The standard InChI is InChI=1S/C19H37N3O2/c1-16(2)7-5-8-19(24)22-13-11-21(12-14-22)10-6-9-20-18(23)15-17(3)4/h16-17H,5-15H2,1-4H3,(H,20,23). The zero-order chi connectivity index (χ0) is 17.9. The molecule has 0 atom stereocenters. The van der Waals surface area contributed by atoms with Crippen LogP contribution in [-0.4, -0.2) is 60.9 Å². The quantitative estimate of drug-likeness (QED) is 0.622. The van der Waals surface area contributed by atoms with E-state index in [4.69, 9.17) is 0 Å². The van der Waals surface area contributed by atoms with E-state index in [0.29, 0.717) is 30.6 Å². The van der Waals surface area contributed by atoms with Crippen LogP contribution in [0.1, 0.15) is 59.8 Å². The van der Waals surface area contributed by atoms with E-state index in [1.165, 1.54) is 0 Å². The topological polar surface area (TPSA) is 52.7 Å². The Morgan fingerprint density at radius 1 is 0.958 bits per heavy atom. The average molecular weight is 340 g/mol. The molecule has 0 aliphatic carbocycles. The van der Waals surface area contributed by atoms with E-state index in [2.05, 4.69) is 37.9 Å². The zero-order valence-electron chi connectivity index (χ0n) is 16.1. The van der Waals surface area contributed by atoms with Crippen molar-refractivity contribution in [1.29, 1.82) is 0 Å². The molecule has 24 heavy (non-hydrogen) atoms. The van der Waals surface area contributed by atoms with Gasteiger partial charge in [-0.05, 0) is 31.2 Å². The number of carbonyl (C=O) groups excluding carboxylic acids is 2. The molecule has 0 aromatic heterocycles. The van der Waals surface area contributed by atoms with Crippen LogP contribution in [0.5, 0.6) is 0 Å². The van der Waals surface area contributed by atoms with E-state index in [9.17, 15) is 9.59 Å². The molecule has 0 spiro atoms. The van der Waals surface area contributed by atoms with Crippen molar-refractivity contribution in [2.24, 2.45) is 11.8 Å². The normalized spacial score (nSPS) is 16.0. The lowest BCUT2D eigenvalue weighted by atomic mass is 10.1. The highest BCUT2D eigenvalue weighted by molar-refractivity contribution is 5.76. The monoisotopic (exact) mass is 339 g/mol. The molecule has 2 amide bonds. The van der Waals surface area contributed by atoms with E-state index >= 15 is 0 Å². The highest BCUT2D eigenvalue weighted by Crippen LogP contribution is 2.10. The van der Waals surface area contributed by atoms with Crippen molar-refractivity contribution in [3.63, 3.8) is 0 Å². The fourth-order valence-electron chi connectivity index (χ4n) is 3.01. The van der Waals surface area contributed by atoms with Crippen LogP contribution in [-0.2, 0) is 9.59 Å². The number of nitrogens with zero attached hydrogens (tertiary/aromatic N) is 2. The zero-order valence-corrected chi connectivity index (χ0v) is 16.1. The molecule has 1 heterocycles. The summed E-state index contributed by atoms with van der Waals surface area (Å²) in [6.07, 6.45) is 4.42. The molecule has 5 heteroatoms. The van der Waals surface area contributed by atoms with E-state index in [1.54, 1.807) is 0 Å². The second kappa shape index (κ2) is 11.5. The highest BCUT2D eigenvalue weighted by Gasteiger charge is 2.20. The predicted molar refractivity (Wildman–Crippen MR) is 98.8 cm³/mol. The molecular weight excluding hydrogens is 302 g/mol. The van der Waals surface area contributed by atoms with Gasteiger partial charge in [0.15, 0.2) is 0 Å². The summed E-state index contributed by atoms with van der Waals surface area (Å²) in [5.41, 5.74) is 0. The first-order valence-corrected chi connectivity index (χ1v) is 9.65. The van der Waals surface area contributed by atoms with Gasteiger partial charge in [0.1, 0.15) is 0 Å². The first-order valence-electron chi connectivity index (χ1n) is 9.65. The van der Waals surface area contributed by atoms with Gasteiger partial charge in [0, 0.05) is 45.6 Å². The third kappa shape index (κ3) is 9.26. The predicted octanol–water partition coefficient (Wildman–Crippen LogP) is 2.51. The lowest BCUT2D eigenvalue weighted by Crippen LogP contribution is -2.49. The lowest BCUT2D eigenvalue weighted by molar-refractivity contribution is -0.133. The van der Waals surface area contributed by atoms with Gasteiger partial charge in [-0.2, -0.15) is 0 Å². The third-order valence-electron chi connectivity index (χ3n) is 4.46. The van der Waals surface area contributed by atoms with Crippen molar-refractivity contribution in [2.45, 2.75) is 59.8 Å². The van der Waals surface area contributed by atoms with Gasteiger partial charge < -0.3 is 10.2 Å². The van der Waals surface area contributed by atoms with Crippen LogP contribution in [0.2, 0.25) is 0 Å². The van der Waals surface area contributed by atoms with Crippen LogP contribution < -0.4 is 5.32 Å². The second-order valence-corrected chi connectivity index (χ2v) is 7.81. The molecular formula is C19H37N3O2. The Bertz CT molecular complexity index is 375.